The third kappa shape index (κ3) is 3.98. The molecule has 0 saturated heterocycles. The molecule has 0 unspecified atom stereocenters. The first-order valence-corrected chi connectivity index (χ1v) is 7.80. The Labute approximate surface area is 147 Å². The lowest BCUT2D eigenvalue weighted by molar-refractivity contribution is -0.135. The van der Waals surface area contributed by atoms with Gasteiger partial charge in [0.05, 0.1) is 19.4 Å². The van der Waals surface area contributed by atoms with Crippen LogP contribution in [0.25, 0.3) is 0 Å². The molecule has 5 nitrogen and oxygen atoms in total. The predicted molar refractivity (Wildman–Crippen MR) is 94.3 cm³/mol. The summed E-state index contributed by atoms with van der Waals surface area (Å²) in [5.74, 6) is -0.941. The van der Waals surface area contributed by atoms with Gasteiger partial charge in [0.15, 0.2) is 0 Å². The smallest absolute Gasteiger partial charge is 0.343 e. The molecular weight excluding hydrogens is 321 g/mol. The van der Waals surface area contributed by atoms with Crippen molar-refractivity contribution in [2.45, 2.75) is 32.9 Å². The highest BCUT2D eigenvalue weighted by molar-refractivity contribution is 6.21. The highest BCUT2D eigenvalue weighted by Crippen LogP contribution is 2.31. The number of rotatable bonds is 4. The van der Waals surface area contributed by atoms with E-state index >= 15 is 0 Å². The molecule has 0 saturated carbocycles. The van der Waals surface area contributed by atoms with E-state index in [0.717, 1.165) is 5.56 Å². The molecule has 1 heterocycles. The topological polar surface area (TPSA) is 65.4 Å². The second kappa shape index (κ2) is 6.95. The summed E-state index contributed by atoms with van der Waals surface area (Å²) in [6.07, 6.45) is 0. The Morgan fingerprint density at radius 2 is 1.96 bits per heavy atom. The van der Waals surface area contributed by atoms with Crippen LogP contribution < -0.4 is 5.32 Å². The van der Waals surface area contributed by atoms with Gasteiger partial charge in [0.1, 0.15) is 22.9 Å². The van der Waals surface area contributed by atoms with Gasteiger partial charge < -0.3 is 15.0 Å². The molecule has 0 spiro atoms. The third-order valence-electron chi connectivity index (χ3n) is 3.57. The number of benzene rings is 1. The zero-order valence-electron chi connectivity index (χ0n) is 14.9. The first kappa shape index (κ1) is 18.5. The number of hydrogen-bond donors (Lipinski definition) is 2. The Kier molecular flexibility index (Phi) is 5.14. The molecule has 0 aromatic heterocycles. The van der Waals surface area contributed by atoms with Crippen molar-refractivity contribution in [2.24, 2.45) is 0 Å². The highest BCUT2D eigenvalue weighted by atomic mass is 19.1. The van der Waals surface area contributed by atoms with Gasteiger partial charge in [-0.15, -0.1) is 5.73 Å². The van der Waals surface area contributed by atoms with Crippen LogP contribution in [0.1, 0.15) is 26.3 Å². The number of nitrogens with one attached hydrogen (secondary N) is 2. The monoisotopic (exact) mass is 343 g/mol. The van der Waals surface area contributed by atoms with Crippen molar-refractivity contribution in [2.75, 3.05) is 7.11 Å². The van der Waals surface area contributed by atoms with Crippen LogP contribution >= 0.6 is 0 Å². The van der Waals surface area contributed by atoms with Gasteiger partial charge in [0, 0.05) is 5.54 Å². The molecule has 132 valence electrons. The van der Waals surface area contributed by atoms with Crippen LogP contribution in [0.3, 0.4) is 0 Å². The summed E-state index contributed by atoms with van der Waals surface area (Å²) in [5.41, 5.74) is 4.33. The average Bonchev–Trinajstić information content (AvgIpc) is 2.78. The molecule has 6 heteroatoms. The molecule has 0 aliphatic carbocycles. The Balaban J connectivity index is 2.45. The van der Waals surface area contributed by atoms with Crippen LogP contribution in [0.5, 0.6) is 0 Å². The molecule has 2 N–H and O–H groups in total. The van der Waals surface area contributed by atoms with E-state index in [1.807, 2.05) is 20.8 Å². The lowest BCUT2D eigenvalue weighted by Crippen LogP contribution is -2.36. The van der Waals surface area contributed by atoms with Gasteiger partial charge in [-0.25, -0.2) is 9.18 Å². The zero-order chi connectivity index (χ0) is 18.8. The Morgan fingerprint density at radius 3 is 2.44 bits per heavy atom. The highest BCUT2D eigenvalue weighted by Gasteiger charge is 2.38. The van der Waals surface area contributed by atoms with E-state index in [1.165, 1.54) is 19.2 Å². The van der Waals surface area contributed by atoms with E-state index in [2.05, 4.69) is 17.6 Å². The van der Waals surface area contributed by atoms with Gasteiger partial charge in [0.25, 0.3) is 0 Å². The maximum Gasteiger partial charge on any atom is 0.343 e. The van der Waals surface area contributed by atoms with Gasteiger partial charge in [0.2, 0.25) is 0 Å². The van der Waals surface area contributed by atoms with Crippen molar-refractivity contribution in [1.82, 2.24) is 10.2 Å². The minimum Gasteiger partial charge on any atom is -0.465 e. The fraction of sp³-hybridized carbons (Fsp3) is 0.316. The minimum absolute atomic E-state index is 0.00549. The number of nitrogens with zero attached hydrogens (tertiary/aromatic N) is 1. The molecule has 0 bridgehead atoms. The van der Waals surface area contributed by atoms with E-state index in [0.29, 0.717) is 11.4 Å². The number of amidine groups is 1. The molecule has 0 fully saturated rings. The van der Waals surface area contributed by atoms with Gasteiger partial charge in [-0.2, -0.15) is 0 Å². The van der Waals surface area contributed by atoms with Gasteiger partial charge >= 0.3 is 5.97 Å². The number of methoxy groups -OCH3 is 1. The maximum atomic E-state index is 13.1. The van der Waals surface area contributed by atoms with Gasteiger partial charge in [-0.3, -0.25) is 5.41 Å². The number of carbonyl (C=O) groups is 1. The van der Waals surface area contributed by atoms with E-state index in [1.54, 1.807) is 17.0 Å². The van der Waals surface area contributed by atoms with Crippen molar-refractivity contribution >= 4 is 11.8 Å². The predicted octanol–water partition coefficient (Wildman–Crippen LogP) is 3.10. The normalized spacial score (nSPS) is 14.7. The van der Waals surface area contributed by atoms with Crippen molar-refractivity contribution in [3.05, 3.63) is 64.9 Å². The maximum absolute atomic E-state index is 13.1. The quantitative estimate of drug-likeness (QED) is 0.651. The number of esters is 1. The Morgan fingerprint density at radius 1 is 1.36 bits per heavy atom. The average molecular weight is 343 g/mol. The molecule has 1 aliphatic heterocycles. The SMILES string of the molecule is C=C=C1C(NC(C)(C)C)=C(C(=O)OC)C(=N)N1Cc1ccc(F)cc1. The molecule has 0 amide bonds. The fourth-order valence-electron chi connectivity index (χ4n) is 2.53. The zero-order valence-corrected chi connectivity index (χ0v) is 14.9. The van der Waals surface area contributed by atoms with E-state index in [-0.39, 0.29) is 29.3 Å². The molecule has 25 heavy (non-hydrogen) atoms. The molecule has 1 aromatic carbocycles. The summed E-state index contributed by atoms with van der Waals surface area (Å²) in [5, 5.41) is 11.7. The molecule has 2 rings (SSSR count). The molecule has 1 aliphatic rings. The summed E-state index contributed by atoms with van der Waals surface area (Å²) in [6, 6.07) is 5.98. The second-order valence-corrected chi connectivity index (χ2v) is 6.70. The largest absolute Gasteiger partial charge is 0.465 e. The Bertz CT molecular complexity index is 782. The molecule has 1 aromatic rings. The van der Waals surface area contributed by atoms with Crippen molar-refractivity contribution < 1.29 is 13.9 Å². The third-order valence-corrected chi connectivity index (χ3v) is 3.57. The standard InChI is InChI=1S/C19H22FN3O2/c1-6-14-16(22-19(2,3)4)15(18(24)25-5)17(21)23(14)11-12-7-9-13(20)10-8-12/h7-10,21-22H,1,11H2,2-5H3. The summed E-state index contributed by atoms with van der Waals surface area (Å²) >= 11 is 0. The molecular formula is C19H22FN3O2. The minimum atomic E-state index is -0.605. The molecule has 0 atom stereocenters. The number of ether oxygens (including phenoxy) is 1. The van der Waals surface area contributed by atoms with E-state index in [9.17, 15) is 9.18 Å². The first-order valence-electron chi connectivity index (χ1n) is 7.80. The van der Waals surface area contributed by atoms with Crippen molar-refractivity contribution in [3.8, 4) is 0 Å². The van der Waals surface area contributed by atoms with Crippen molar-refractivity contribution in [3.63, 3.8) is 0 Å². The van der Waals surface area contributed by atoms with E-state index < -0.39 is 5.97 Å². The number of carbonyl (C=O) groups excluding carboxylic acids is 1. The van der Waals surface area contributed by atoms with E-state index in [4.69, 9.17) is 10.1 Å². The number of halogens is 1. The van der Waals surface area contributed by atoms with Crippen LogP contribution in [-0.4, -0.2) is 29.4 Å². The number of hydrogen-bond acceptors (Lipinski definition) is 4. The van der Waals surface area contributed by atoms with Crippen LogP contribution in [0, 0.1) is 11.2 Å². The van der Waals surface area contributed by atoms with Crippen LogP contribution in [0.2, 0.25) is 0 Å². The van der Waals surface area contributed by atoms with Crippen LogP contribution in [0.15, 0.2) is 53.5 Å². The Hall–Kier alpha value is -2.85. The first-order chi connectivity index (χ1) is 11.7. The van der Waals surface area contributed by atoms with Crippen LogP contribution in [-0.2, 0) is 16.1 Å². The summed E-state index contributed by atoms with van der Waals surface area (Å²) in [4.78, 5) is 13.8. The fourth-order valence-corrected chi connectivity index (χ4v) is 2.53. The lowest BCUT2D eigenvalue weighted by Gasteiger charge is -2.25. The molecule has 0 radical (unpaired) electrons. The summed E-state index contributed by atoms with van der Waals surface area (Å²) in [7, 11) is 1.28. The van der Waals surface area contributed by atoms with Crippen molar-refractivity contribution in [1.29, 1.82) is 5.41 Å². The van der Waals surface area contributed by atoms with Gasteiger partial charge in [-0.1, -0.05) is 18.7 Å². The van der Waals surface area contributed by atoms with Gasteiger partial charge in [-0.05, 0) is 38.5 Å². The van der Waals surface area contributed by atoms with Crippen LogP contribution in [0.4, 0.5) is 4.39 Å². The summed E-state index contributed by atoms with van der Waals surface area (Å²) in [6.45, 7) is 9.82. The summed E-state index contributed by atoms with van der Waals surface area (Å²) < 4.78 is 18.0. The lowest BCUT2D eigenvalue weighted by atomic mass is 10.1. The second-order valence-electron chi connectivity index (χ2n) is 6.70.